The lowest BCUT2D eigenvalue weighted by Crippen LogP contribution is -1.94. The van der Waals surface area contributed by atoms with Gasteiger partial charge in [-0.3, -0.25) is 0 Å². The van der Waals surface area contributed by atoms with E-state index in [1.807, 2.05) is 0 Å². The minimum atomic E-state index is 0.424. The number of aliphatic hydroxyl groups is 1. The predicted octanol–water partition coefficient (Wildman–Crippen LogP) is 2.75. The predicted molar refractivity (Wildman–Crippen MR) is 54.4 cm³/mol. The molecular formula is C12H20O. The molecule has 2 rings (SSSR count). The van der Waals surface area contributed by atoms with Crippen molar-refractivity contribution in [2.45, 2.75) is 39.5 Å². The molecule has 0 aromatic carbocycles. The van der Waals surface area contributed by atoms with E-state index in [2.05, 4.69) is 13.8 Å². The zero-order valence-corrected chi connectivity index (χ0v) is 8.71. The van der Waals surface area contributed by atoms with Crippen molar-refractivity contribution in [3.05, 3.63) is 11.1 Å². The highest BCUT2D eigenvalue weighted by Crippen LogP contribution is 2.53. The van der Waals surface area contributed by atoms with E-state index in [1.165, 1.54) is 25.7 Å². The fourth-order valence-corrected chi connectivity index (χ4v) is 2.84. The molecule has 0 aliphatic heterocycles. The third-order valence-electron chi connectivity index (χ3n) is 4.15. The summed E-state index contributed by atoms with van der Waals surface area (Å²) in [5.41, 5.74) is 3.20. The van der Waals surface area contributed by atoms with Crippen LogP contribution in [-0.4, -0.2) is 11.7 Å². The van der Waals surface area contributed by atoms with Crippen molar-refractivity contribution in [2.75, 3.05) is 6.61 Å². The Morgan fingerprint density at radius 3 is 1.92 bits per heavy atom. The molecule has 0 spiro atoms. The molecule has 1 fully saturated rings. The molecule has 0 aromatic heterocycles. The molecule has 1 heteroatoms. The van der Waals surface area contributed by atoms with Gasteiger partial charge in [-0.25, -0.2) is 0 Å². The molecule has 0 saturated heterocycles. The molecule has 0 radical (unpaired) electrons. The first-order chi connectivity index (χ1) is 6.24. The van der Waals surface area contributed by atoms with Crippen LogP contribution in [0.3, 0.4) is 0 Å². The first kappa shape index (κ1) is 9.26. The average molecular weight is 180 g/mol. The zero-order chi connectivity index (χ0) is 9.42. The van der Waals surface area contributed by atoms with Crippen molar-refractivity contribution in [3.63, 3.8) is 0 Å². The highest BCUT2D eigenvalue weighted by atomic mass is 16.3. The van der Waals surface area contributed by atoms with E-state index in [4.69, 9.17) is 5.11 Å². The van der Waals surface area contributed by atoms with Crippen LogP contribution in [0.1, 0.15) is 39.5 Å². The number of hydrogen-bond acceptors (Lipinski definition) is 1. The summed E-state index contributed by atoms with van der Waals surface area (Å²) in [6.45, 7) is 4.96. The molecule has 1 unspecified atom stereocenters. The van der Waals surface area contributed by atoms with E-state index in [0.717, 1.165) is 11.8 Å². The van der Waals surface area contributed by atoms with Gasteiger partial charge in [0, 0.05) is 6.61 Å². The van der Waals surface area contributed by atoms with Crippen molar-refractivity contribution < 1.29 is 5.11 Å². The Balaban J connectivity index is 1.99. The molecule has 3 atom stereocenters. The Kier molecular flexibility index (Phi) is 2.46. The number of hydrogen-bond donors (Lipinski definition) is 1. The fourth-order valence-electron chi connectivity index (χ4n) is 2.84. The van der Waals surface area contributed by atoms with Crippen LogP contribution in [0.5, 0.6) is 0 Å². The lowest BCUT2D eigenvalue weighted by atomic mass is 9.95. The third kappa shape index (κ3) is 1.67. The summed E-state index contributed by atoms with van der Waals surface area (Å²) in [7, 11) is 0. The Morgan fingerprint density at radius 2 is 1.54 bits per heavy atom. The van der Waals surface area contributed by atoms with Gasteiger partial charge in [0.1, 0.15) is 0 Å². The van der Waals surface area contributed by atoms with Crippen LogP contribution in [0.25, 0.3) is 0 Å². The number of aliphatic hydroxyl groups excluding tert-OH is 1. The molecule has 1 nitrogen and oxygen atoms in total. The molecule has 74 valence electrons. The van der Waals surface area contributed by atoms with Gasteiger partial charge in [-0.2, -0.15) is 0 Å². The monoisotopic (exact) mass is 180 g/mol. The van der Waals surface area contributed by atoms with Crippen molar-refractivity contribution in [3.8, 4) is 0 Å². The zero-order valence-electron chi connectivity index (χ0n) is 8.71. The third-order valence-corrected chi connectivity index (χ3v) is 4.15. The summed E-state index contributed by atoms with van der Waals surface area (Å²) < 4.78 is 0. The van der Waals surface area contributed by atoms with Crippen LogP contribution < -0.4 is 0 Å². The maximum Gasteiger partial charge on any atom is 0.0464 e. The van der Waals surface area contributed by atoms with E-state index in [-0.39, 0.29) is 0 Å². The van der Waals surface area contributed by atoms with Crippen molar-refractivity contribution >= 4 is 0 Å². The van der Waals surface area contributed by atoms with Gasteiger partial charge in [0.25, 0.3) is 0 Å². The molecule has 13 heavy (non-hydrogen) atoms. The molecule has 0 aromatic rings. The molecule has 2 aliphatic rings. The topological polar surface area (TPSA) is 20.2 Å². The lowest BCUT2D eigenvalue weighted by molar-refractivity contribution is 0.262. The summed E-state index contributed by atoms with van der Waals surface area (Å²) >= 11 is 0. The number of rotatable bonds is 1. The van der Waals surface area contributed by atoms with Crippen LogP contribution in [0, 0.1) is 17.8 Å². The largest absolute Gasteiger partial charge is 0.396 e. The van der Waals surface area contributed by atoms with Gasteiger partial charge in [-0.15, -0.1) is 0 Å². The Labute approximate surface area is 80.8 Å². The Morgan fingerprint density at radius 1 is 1.08 bits per heavy atom. The van der Waals surface area contributed by atoms with E-state index < -0.39 is 0 Å². The summed E-state index contributed by atoms with van der Waals surface area (Å²) in [5.74, 6) is 2.36. The highest BCUT2D eigenvalue weighted by Gasteiger charge is 2.48. The van der Waals surface area contributed by atoms with Gasteiger partial charge >= 0.3 is 0 Å². The maximum atomic E-state index is 9.14. The summed E-state index contributed by atoms with van der Waals surface area (Å²) in [6, 6.07) is 0. The Hall–Kier alpha value is -0.300. The van der Waals surface area contributed by atoms with Crippen LogP contribution in [0.15, 0.2) is 11.1 Å². The quantitative estimate of drug-likeness (QED) is 0.615. The van der Waals surface area contributed by atoms with E-state index in [0.29, 0.717) is 12.5 Å². The van der Waals surface area contributed by atoms with Gasteiger partial charge in [-0.1, -0.05) is 11.1 Å². The molecule has 1 N–H and O–H groups in total. The molecule has 2 aliphatic carbocycles. The first-order valence-corrected chi connectivity index (χ1v) is 5.50. The smallest absolute Gasteiger partial charge is 0.0464 e. The van der Waals surface area contributed by atoms with Gasteiger partial charge < -0.3 is 5.11 Å². The second kappa shape index (κ2) is 3.45. The molecule has 0 bridgehead atoms. The fraction of sp³-hybridized carbons (Fsp3) is 0.833. The normalized spacial score (nSPS) is 45.0. The van der Waals surface area contributed by atoms with Crippen LogP contribution >= 0.6 is 0 Å². The summed E-state index contributed by atoms with van der Waals surface area (Å²) in [4.78, 5) is 0. The lowest BCUT2D eigenvalue weighted by Gasteiger charge is -2.11. The maximum absolute atomic E-state index is 9.14. The molecule has 1 saturated carbocycles. The van der Waals surface area contributed by atoms with Crippen molar-refractivity contribution in [1.29, 1.82) is 0 Å². The first-order valence-electron chi connectivity index (χ1n) is 5.50. The second-order valence-electron chi connectivity index (χ2n) is 4.81. The SMILES string of the molecule is C/C1=C(\C)CC[C@H]2C(CO)[C@H]2CC1. The summed E-state index contributed by atoms with van der Waals surface area (Å²) in [5, 5.41) is 9.14. The number of allylic oxidation sites excluding steroid dienone is 2. The van der Waals surface area contributed by atoms with E-state index in [9.17, 15) is 0 Å². The minimum absolute atomic E-state index is 0.424. The van der Waals surface area contributed by atoms with E-state index in [1.54, 1.807) is 11.1 Å². The van der Waals surface area contributed by atoms with Crippen molar-refractivity contribution in [2.24, 2.45) is 17.8 Å². The second-order valence-corrected chi connectivity index (χ2v) is 4.81. The molecule has 0 amide bonds. The van der Waals surface area contributed by atoms with E-state index >= 15 is 0 Å². The van der Waals surface area contributed by atoms with Gasteiger partial charge in [0.15, 0.2) is 0 Å². The van der Waals surface area contributed by atoms with Crippen molar-refractivity contribution in [1.82, 2.24) is 0 Å². The van der Waals surface area contributed by atoms with Crippen LogP contribution in [0.4, 0.5) is 0 Å². The molecular weight excluding hydrogens is 160 g/mol. The number of fused-ring (bicyclic) bond motifs is 1. The standard InChI is InChI=1S/C12H20O/c1-8-3-5-10-11(12(10)7-13)6-4-9(8)2/h10-13H,3-7H2,1-2H3/b9-8-/t10-,11+,12?. The minimum Gasteiger partial charge on any atom is -0.396 e. The van der Waals surface area contributed by atoms with Gasteiger partial charge in [0.05, 0.1) is 0 Å². The van der Waals surface area contributed by atoms with Crippen LogP contribution in [0.2, 0.25) is 0 Å². The van der Waals surface area contributed by atoms with Gasteiger partial charge in [-0.05, 0) is 57.3 Å². The highest BCUT2D eigenvalue weighted by molar-refractivity contribution is 5.14. The molecule has 0 heterocycles. The Bertz CT molecular complexity index is 207. The van der Waals surface area contributed by atoms with Gasteiger partial charge in [0.2, 0.25) is 0 Å². The van der Waals surface area contributed by atoms with Crippen LogP contribution in [-0.2, 0) is 0 Å². The summed E-state index contributed by atoms with van der Waals surface area (Å²) in [6.07, 6.45) is 5.17. The average Bonchev–Trinajstić information content (AvgIpc) is 2.80.